The molecule has 0 aliphatic heterocycles. The summed E-state index contributed by atoms with van der Waals surface area (Å²) in [6.07, 6.45) is 7.46. The summed E-state index contributed by atoms with van der Waals surface area (Å²) in [5.74, 6) is -0.0808. The van der Waals surface area contributed by atoms with Gasteiger partial charge in [-0.3, -0.25) is 9.59 Å². The molecule has 0 spiro atoms. The number of hydrogen-bond donors (Lipinski definition) is 0. The number of ether oxygens (including phenoxy) is 2. The van der Waals surface area contributed by atoms with E-state index in [4.69, 9.17) is 4.74 Å². The van der Waals surface area contributed by atoms with Crippen molar-refractivity contribution in [2.45, 2.75) is 58.3 Å². The van der Waals surface area contributed by atoms with Gasteiger partial charge in [0.2, 0.25) is 0 Å². The molecule has 0 saturated carbocycles. The number of carbonyl (C=O) groups excluding carboxylic acids is 2. The summed E-state index contributed by atoms with van der Waals surface area (Å²) < 4.78 is 9.66. The van der Waals surface area contributed by atoms with Crippen LogP contribution in [0.4, 0.5) is 0 Å². The van der Waals surface area contributed by atoms with Crippen LogP contribution in [0.2, 0.25) is 0 Å². The van der Waals surface area contributed by atoms with E-state index in [-0.39, 0.29) is 5.97 Å². The molecule has 0 fully saturated rings. The van der Waals surface area contributed by atoms with Gasteiger partial charge in [-0.25, -0.2) is 0 Å². The summed E-state index contributed by atoms with van der Waals surface area (Å²) in [5.41, 5.74) is 0. The molecule has 0 aromatic carbocycles. The van der Waals surface area contributed by atoms with E-state index in [1.807, 2.05) is 0 Å². The Morgan fingerprint density at radius 2 is 1.71 bits per heavy atom. The Kier molecular flexibility index (Phi) is 12.2. The molecule has 0 aromatic heterocycles. The maximum Gasteiger partial charge on any atom is 0.305 e. The Hall–Kier alpha value is -1.06. The summed E-state index contributed by atoms with van der Waals surface area (Å²) >= 11 is 0. The molecule has 4 heteroatoms. The predicted molar refractivity (Wildman–Crippen MR) is 65.6 cm³/mol. The first kappa shape index (κ1) is 15.9. The predicted octanol–water partition coefficient (Wildman–Crippen LogP) is 2.84. The highest BCUT2D eigenvalue weighted by Gasteiger charge is 2.01. The molecule has 0 bridgehead atoms. The molecule has 0 rings (SSSR count). The maximum absolute atomic E-state index is 11.2. The van der Waals surface area contributed by atoms with Crippen molar-refractivity contribution in [3.63, 3.8) is 0 Å². The van der Waals surface area contributed by atoms with Crippen molar-refractivity contribution in [1.29, 1.82) is 0 Å². The van der Waals surface area contributed by atoms with Gasteiger partial charge in [0.15, 0.2) is 0 Å². The van der Waals surface area contributed by atoms with Crippen molar-refractivity contribution in [1.82, 2.24) is 0 Å². The zero-order valence-corrected chi connectivity index (χ0v) is 10.8. The molecule has 0 aliphatic rings. The third kappa shape index (κ3) is 12.9. The SMILES string of the molecule is CCCCCC(=O)OCCCCCCOC=O. The van der Waals surface area contributed by atoms with Gasteiger partial charge in [0.1, 0.15) is 0 Å². The smallest absolute Gasteiger partial charge is 0.305 e. The summed E-state index contributed by atoms with van der Waals surface area (Å²) in [6.45, 7) is 3.58. The zero-order chi connectivity index (χ0) is 12.8. The third-order valence-corrected chi connectivity index (χ3v) is 2.47. The highest BCUT2D eigenvalue weighted by atomic mass is 16.5. The molecular formula is C13H24O4. The minimum Gasteiger partial charge on any atom is -0.468 e. The molecule has 0 N–H and O–H groups in total. The van der Waals surface area contributed by atoms with Crippen LogP contribution >= 0.6 is 0 Å². The lowest BCUT2D eigenvalue weighted by Crippen LogP contribution is -2.05. The van der Waals surface area contributed by atoms with Gasteiger partial charge >= 0.3 is 5.97 Å². The van der Waals surface area contributed by atoms with Crippen LogP contribution in [0.3, 0.4) is 0 Å². The molecule has 0 heterocycles. The van der Waals surface area contributed by atoms with Crippen LogP contribution in [0.1, 0.15) is 58.3 Å². The first-order valence-electron chi connectivity index (χ1n) is 6.52. The average molecular weight is 244 g/mol. The Morgan fingerprint density at radius 1 is 1.00 bits per heavy atom. The first-order chi connectivity index (χ1) is 8.31. The number of carbonyl (C=O) groups is 2. The lowest BCUT2D eigenvalue weighted by Gasteiger charge is -2.04. The van der Waals surface area contributed by atoms with E-state index in [0.29, 0.717) is 26.1 Å². The van der Waals surface area contributed by atoms with E-state index in [1.165, 1.54) is 0 Å². The Labute approximate surface area is 104 Å². The van der Waals surface area contributed by atoms with Crippen molar-refractivity contribution in [2.75, 3.05) is 13.2 Å². The summed E-state index contributed by atoms with van der Waals surface area (Å²) in [5, 5.41) is 0. The first-order valence-corrected chi connectivity index (χ1v) is 6.52. The van der Waals surface area contributed by atoms with Gasteiger partial charge in [-0.1, -0.05) is 19.8 Å². The van der Waals surface area contributed by atoms with Gasteiger partial charge in [-0.05, 0) is 32.1 Å². The summed E-state index contributed by atoms with van der Waals surface area (Å²) in [4.78, 5) is 21.1. The normalized spacial score (nSPS) is 9.94. The zero-order valence-electron chi connectivity index (χ0n) is 10.8. The Balaban J connectivity index is 3.11. The van der Waals surface area contributed by atoms with Gasteiger partial charge in [-0.2, -0.15) is 0 Å². The fraction of sp³-hybridized carbons (Fsp3) is 0.846. The van der Waals surface area contributed by atoms with E-state index in [1.54, 1.807) is 0 Å². The third-order valence-electron chi connectivity index (χ3n) is 2.47. The summed E-state index contributed by atoms with van der Waals surface area (Å²) in [6, 6.07) is 0. The number of rotatable bonds is 12. The van der Waals surface area contributed by atoms with Crippen molar-refractivity contribution < 1.29 is 19.1 Å². The molecule has 0 aliphatic carbocycles. The Morgan fingerprint density at radius 3 is 2.35 bits per heavy atom. The van der Waals surface area contributed by atoms with Crippen LogP contribution in [-0.4, -0.2) is 25.7 Å². The van der Waals surface area contributed by atoms with Gasteiger partial charge in [0.25, 0.3) is 6.47 Å². The number of hydrogen-bond acceptors (Lipinski definition) is 4. The van der Waals surface area contributed by atoms with Crippen LogP contribution in [0, 0.1) is 0 Å². The highest BCUT2D eigenvalue weighted by molar-refractivity contribution is 5.69. The standard InChI is InChI=1S/C13H24O4/c1-2-3-6-9-13(15)17-11-8-5-4-7-10-16-12-14/h12H,2-11H2,1H3. The molecular weight excluding hydrogens is 220 g/mol. The quantitative estimate of drug-likeness (QED) is 0.301. The van der Waals surface area contributed by atoms with Crippen LogP contribution in [0.5, 0.6) is 0 Å². The molecule has 0 saturated heterocycles. The van der Waals surface area contributed by atoms with E-state index in [2.05, 4.69) is 11.7 Å². The maximum atomic E-state index is 11.2. The second-order valence-electron chi connectivity index (χ2n) is 4.06. The van der Waals surface area contributed by atoms with Crippen LogP contribution < -0.4 is 0 Å². The van der Waals surface area contributed by atoms with Gasteiger partial charge < -0.3 is 9.47 Å². The van der Waals surface area contributed by atoms with Crippen LogP contribution in [-0.2, 0) is 19.1 Å². The second kappa shape index (κ2) is 13.0. The minimum absolute atomic E-state index is 0.0808. The number of unbranched alkanes of at least 4 members (excludes halogenated alkanes) is 5. The van der Waals surface area contributed by atoms with Gasteiger partial charge in [-0.15, -0.1) is 0 Å². The van der Waals surface area contributed by atoms with E-state index < -0.39 is 0 Å². The fourth-order valence-electron chi connectivity index (χ4n) is 1.47. The molecule has 0 unspecified atom stereocenters. The lowest BCUT2D eigenvalue weighted by molar-refractivity contribution is -0.144. The molecule has 17 heavy (non-hydrogen) atoms. The second-order valence-corrected chi connectivity index (χ2v) is 4.06. The molecule has 4 nitrogen and oxygen atoms in total. The van der Waals surface area contributed by atoms with Crippen LogP contribution in [0.15, 0.2) is 0 Å². The van der Waals surface area contributed by atoms with Gasteiger partial charge in [0.05, 0.1) is 13.2 Å². The Bertz CT molecular complexity index is 192. The van der Waals surface area contributed by atoms with Crippen molar-refractivity contribution in [3.8, 4) is 0 Å². The molecule has 0 amide bonds. The van der Waals surface area contributed by atoms with Crippen molar-refractivity contribution in [3.05, 3.63) is 0 Å². The van der Waals surface area contributed by atoms with Gasteiger partial charge in [0, 0.05) is 6.42 Å². The molecule has 0 atom stereocenters. The topological polar surface area (TPSA) is 52.6 Å². The van der Waals surface area contributed by atoms with E-state index in [9.17, 15) is 9.59 Å². The average Bonchev–Trinajstić information content (AvgIpc) is 2.33. The van der Waals surface area contributed by atoms with Crippen molar-refractivity contribution >= 4 is 12.4 Å². The minimum atomic E-state index is -0.0808. The number of esters is 1. The fourth-order valence-corrected chi connectivity index (χ4v) is 1.47. The van der Waals surface area contributed by atoms with E-state index in [0.717, 1.165) is 44.9 Å². The van der Waals surface area contributed by atoms with E-state index >= 15 is 0 Å². The monoisotopic (exact) mass is 244 g/mol. The molecule has 0 radical (unpaired) electrons. The summed E-state index contributed by atoms with van der Waals surface area (Å²) in [7, 11) is 0. The van der Waals surface area contributed by atoms with Crippen LogP contribution in [0.25, 0.3) is 0 Å². The molecule has 0 aromatic rings. The highest BCUT2D eigenvalue weighted by Crippen LogP contribution is 2.03. The van der Waals surface area contributed by atoms with Crippen molar-refractivity contribution in [2.24, 2.45) is 0 Å². The lowest BCUT2D eigenvalue weighted by atomic mass is 10.2. The largest absolute Gasteiger partial charge is 0.468 e. The molecule has 100 valence electrons.